The molecule has 1 aliphatic rings. The van der Waals surface area contributed by atoms with Crippen LogP contribution in [0.25, 0.3) is 11.4 Å². The number of aromatic nitrogens is 3. The van der Waals surface area contributed by atoms with Crippen LogP contribution in [0, 0.1) is 0 Å². The zero-order valence-corrected chi connectivity index (χ0v) is 13.0. The van der Waals surface area contributed by atoms with Gasteiger partial charge in [-0.2, -0.15) is 4.98 Å². The van der Waals surface area contributed by atoms with Crippen molar-refractivity contribution in [1.29, 1.82) is 0 Å². The number of hydrogen-bond acceptors (Lipinski definition) is 4. The molecule has 0 amide bonds. The molecule has 1 aromatic carbocycles. The second-order valence-electron chi connectivity index (χ2n) is 6.55. The van der Waals surface area contributed by atoms with E-state index < -0.39 is 0 Å². The molecule has 2 aromatic rings. The van der Waals surface area contributed by atoms with E-state index in [9.17, 15) is 0 Å². The van der Waals surface area contributed by atoms with Crippen LogP contribution >= 0.6 is 0 Å². The summed E-state index contributed by atoms with van der Waals surface area (Å²) in [5.41, 5.74) is 2.58. The van der Waals surface area contributed by atoms with Gasteiger partial charge in [-0.3, -0.25) is 5.10 Å². The molecular formula is C16H23N5. The SMILES string of the molecule is CC(C)(C)c1ccc(-c2nc(N3CCNCC3)n[nH]2)cc1. The standard InChI is InChI=1S/C16H23N5/c1-16(2,3)13-6-4-12(5-7-13)14-18-15(20-19-14)21-10-8-17-9-11-21/h4-7,17H,8-11H2,1-3H3,(H,18,19,20). The maximum Gasteiger partial charge on any atom is 0.245 e. The van der Waals surface area contributed by atoms with Crippen molar-refractivity contribution < 1.29 is 0 Å². The van der Waals surface area contributed by atoms with Gasteiger partial charge in [-0.15, -0.1) is 5.10 Å². The van der Waals surface area contributed by atoms with Crippen LogP contribution < -0.4 is 10.2 Å². The quantitative estimate of drug-likeness (QED) is 0.888. The Bertz CT molecular complexity index is 588. The van der Waals surface area contributed by atoms with Crippen LogP contribution in [0.15, 0.2) is 24.3 Å². The van der Waals surface area contributed by atoms with E-state index in [1.807, 2.05) is 0 Å². The van der Waals surface area contributed by atoms with Crippen molar-refractivity contribution in [2.75, 3.05) is 31.1 Å². The minimum atomic E-state index is 0.173. The Kier molecular flexibility index (Phi) is 3.68. The van der Waals surface area contributed by atoms with Crippen LogP contribution in [0.4, 0.5) is 5.95 Å². The molecule has 0 aliphatic carbocycles. The maximum atomic E-state index is 4.63. The number of rotatable bonds is 2. The average molecular weight is 285 g/mol. The molecule has 3 rings (SSSR count). The Balaban J connectivity index is 1.79. The maximum absolute atomic E-state index is 4.63. The Morgan fingerprint density at radius 2 is 1.71 bits per heavy atom. The first-order valence-electron chi connectivity index (χ1n) is 7.53. The second-order valence-corrected chi connectivity index (χ2v) is 6.55. The van der Waals surface area contributed by atoms with Gasteiger partial charge in [0.25, 0.3) is 0 Å². The van der Waals surface area contributed by atoms with Crippen LogP contribution in [0.1, 0.15) is 26.3 Å². The number of benzene rings is 1. The molecular weight excluding hydrogens is 262 g/mol. The highest BCUT2D eigenvalue weighted by Crippen LogP contribution is 2.25. The van der Waals surface area contributed by atoms with E-state index in [-0.39, 0.29) is 5.41 Å². The van der Waals surface area contributed by atoms with Crippen molar-refractivity contribution in [1.82, 2.24) is 20.5 Å². The van der Waals surface area contributed by atoms with Crippen molar-refractivity contribution in [2.24, 2.45) is 0 Å². The van der Waals surface area contributed by atoms with Crippen LogP contribution in [0.5, 0.6) is 0 Å². The van der Waals surface area contributed by atoms with E-state index in [4.69, 9.17) is 0 Å². The largest absolute Gasteiger partial charge is 0.337 e. The van der Waals surface area contributed by atoms with Gasteiger partial charge in [-0.05, 0) is 11.0 Å². The smallest absolute Gasteiger partial charge is 0.245 e. The predicted molar refractivity (Wildman–Crippen MR) is 85.6 cm³/mol. The zero-order valence-electron chi connectivity index (χ0n) is 13.0. The summed E-state index contributed by atoms with van der Waals surface area (Å²) in [6, 6.07) is 8.57. The van der Waals surface area contributed by atoms with Gasteiger partial charge in [0.15, 0.2) is 5.82 Å². The molecule has 5 heteroatoms. The Labute approximate surface area is 125 Å². The molecule has 5 nitrogen and oxygen atoms in total. The molecule has 0 saturated carbocycles. The third-order valence-electron chi connectivity index (χ3n) is 3.90. The number of H-pyrrole nitrogens is 1. The molecule has 2 heterocycles. The van der Waals surface area contributed by atoms with Gasteiger partial charge in [0.1, 0.15) is 0 Å². The van der Waals surface area contributed by atoms with Crippen LogP contribution in [-0.2, 0) is 5.41 Å². The normalized spacial score (nSPS) is 16.2. The Morgan fingerprint density at radius 1 is 1.05 bits per heavy atom. The molecule has 1 saturated heterocycles. The molecule has 112 valence electrons. The molecule has 0 atom stereocenters. The first kappa shape index (κ1) is 14.1. The predicted octanol–water partition coefficient (Wildman–Crippen LogP) is 2.18. The van der Waals surface area contributed by atoms with E-state index in [1.54, 1.807) is 0 Å². The number of nitrogens with one attached hydrogen (secondary N) is 2. The van der Waals surface area contributed by atoms with E-state index in [2.05, 4.69) is 70.4 Å². The average Bonchev–Trinajstić information content (AvgIpc) is 2.97. The van der Waals surface area contributed by atoms with Gasteiger partial charge in [-0.25, -0.2) is 0 Å². The summed E-state index contributed by atoms with van der Waals surface area (Å²) in [4.78, 5) is 6.84. The van der Waals surface area contributed by atoms with Crippen LogP contribution in [-0.4, -0.2) is 41.4 Å². The molecule has 1 aliphatic heterocycles. The number of piperazine rings is 1. The first-order chi connectivity index (χ1) is 10.0. The summed E-state index contributed by atoms with van der Waals surface area (Å²) >= 11 is 0. The van der Waals surface area contributed by atoms with Gasteiger partial charge in [0, 0.05) is 31.7 Å². The van der Waals surface area contributed by atoms with E-state index in [0.717, 1.165) is 43.5 Å². The molecule has 0 unspecified atom stereocenters. The Hall–Kier alpha value is -1.88. The van der Waals surface area contributed by atoms with Gasteiger partial charge in [0.05, 0.1) is 0 Å². The molecule has 0 bridgehead atoms. The summed E-state index contributed by atoms with van der Waals surface area (Å²) in [6.45, 7) is 10.6. The van der Waals surface area contributed by atoms with E-state index in [0.29, 0.717) is 0 Å². The number of nitrogens with zero attached hydrogens (tertiary/aromatic N) is 3. The van der Waals surface area contributed by atoms with Crippen molar-refractivity contribution in [3.63, 3.8) is 0 Å². The van der Waals surface area contributed by atoms with Crippen LogP contribution in [0.2, 0.25) is 0 Å². The summed E-state index contributed by atoms with van der Waals surface area (Å²) < 4.78 is 0. The minimum Gasteiger partial charge on any atom is -0.337 e. The third kappa shape index (κ3) is 3.08. The van der Waals surface area contributed by atoms with Crippen molar-refractivity contribution >= 4 is 5.95 Å². The van der Waals surface area contributed by atoms with Crippen molar-refractivity contribution in [2.45, 2.75) is 26.2 Å². The number of hydrogen-bond donors (Lipinski definition) is 2. The van der Waals surface area contributed by atoms with Gasteiger partial charge < -0.3 is 10.2 Å². The molecule has 2 N–H and O–H groups in total. The molecule has 0 spiro atoms. The highest BCUT2D eigenvalue weighted by Gasteiger charge is 2.16. The lowest BCUT2D eigenvalue weighted by molar-refractivity contribution is 0.580. The fourth-order valence-corrected chi connectivity index (χ4v) is 2.52. The summed E-state index contributed by atoms with van der Waals surface area (Å²) in [5.74, 6) is 1.63. The fraction of sp³-hybridized carbons (Fsp3) is 0.500. The van der Waals surface area contributed by atoms with Gasteiger partial charge in [-0.1, -0.05) is 45.0 Å². The highest BCUT2D eigenvalue weighted by atomic mass is 15.4. The van der Waals surface area contributed by atoms with Crippen molar-refractivity contribution in [3.05, 3.63) is 29.8 Å². The topological polar surface area (TPSA) is 56.8 Å². The highest BCUT2D eigenvalue weighted by molar-refractivity contribution is 5.57. The Morgan fingerprint density at radius 3 is 2.33 bits per heavy atom. The third-order valence-corrected chi connectivity index (χ3v) is 3.90. The fourth-order valence-electron chi connectivity index (χ4n) is 2.52. The summed E-state index contributed by atoms with van der Waals surface area (Å²) in [5, 5.41) is 10.7. The van der Waals surface area contributed by atoms with E-state index in [1.165, 1.54) is 5.56 Å². The molecule has 0 radical (unpaired) electrons. The first-order valence-corrected chi connectivity index (χ1v) is 7.53. The number of aromatic amines is 1. The van der Waals surface area contributed by atoms with Gasteiger partial charge >= 0.3 is 0 Å². The lowest BCUT2D eigenvalue weighted by Gasteiger charge is -2.25. The lowest BCUT2D eigenvalue weighted by Crippen LogP contribution is -2.44. The summed E-state index contributed by atoms with van der Waals surface area (Å²) in [7, 11) is 0. The second kappa shape index (κ2) is 5.48. The minimum absolute atomic E-state index is 0.173. The van der Waals surface area contributed by atoms with E-state index >= 15 is 0 Å². The number of anilines is 1. The summed E-state index contributed by atoms with van der Waals surface area (Å²) in [6.07, 6.45) is 0. The zero-order chi connectivity index (χ0) is 14.9. The lowest BCUT2D eigenvalue weighted by atomic mass is 9.87. The molecule has 21 heavy (non-hydrogen) atoms. The van der Waals surface area contributed by atoms with Crippen LogP contribution in [0.3, 0.4) is 0 Å². The van der Waals surface area contributed by atoms with Gasteiger partial charge in [0.2, 0.25) is 5.95 Å². The molecule has 1 aromatic heterocycles. The monoisotopic (exact) mass is 285 g/mol. The van der Waals surface area contributed by atoms with Crippen molar-refractivity contribution in [3.8, 4) is 11.4 Å². The molecule has 1 fully saturated rings.